The number of amides is 2. The first kappa shape index (κ1) is 19.4. The average molecular weight is 385 g/mol. The van der Waals surface area contributed by atoms with E-state index >= 15 is 0 Å². The molecular formula is C22H32N4O2. The molecule has 28 heavy (non-hydrogen) atoms. The van der Waals surface area contributed by atoms with Crippen LogP contribution in [0.4, 0.5) is 0 Å². The molecule has 0 spiro atoms. The molecule has 0 bridgehead atoms. The van der Waals surface area contributed by atoms with Crippen molar-refractivity contribution in [1.29, 1.82) is 0 Å². The highest BCUT2D eigenvalue weighted by atomic mass is 16.2. The Morgan fingerprint density at radius 1 is 1.11 bits per heavy atom. The van der Waals surface area contributed by atoms with Gasteiger partial charge in [0.1, 0.15) is 0 Å². The van der Waals surface area contributed by atoms with Crippen molar-refractivity contribution in [3.8, 4) is 0 Å². The summed E-state index contributed by atoms with van der Waals surface area (Å²) >= 11 is 0. The van der Waals surface area contributed by atoms with Gasteiger partial charge in [-0.3, -0.25) is 19.5 Å². The fourth-order valence-corrected chi connectivity index (χ4v) is 4.64. The summed E-state index contributed by atoms with van der Waals surface area (Å²) in [5.74, 6) is 0.938. The zero-order chi connectivity index (χ0) is 19.5. The fraction of sp³-hybridized carbons (Fsp3) is 0.682. The van der Waals surface area contributed by atoms with Gasteiger partial charge < -0.3 is 10.2 Å². The fourth-order valence-electron chi connectivity index (χ4n) is 4.64. The van der Waals surface area contributed by atoms with Crippen molar-refractivity contribution in [2.75, 3.05) is 26.2 Å². The molecule has 152 valence electrons. The number of carbonyl (C=O) groups is 2. The van der Waals surface area contributed by atoms with Gasteiger partial charge in [0.15, 0.2) is 0 Å². The highest BCUT2D eigenvalue weighted by Crippen LogP contribution is 2.32. The number of hydrogen-bond donors (Lipinski definition) is 1. The second-order valence-corrected chi connectivity index (χ2v) is 8.69. The van der Waals surface area contributed by atoms with E-state index in [1.807, 2.05) is 19.1 Å². The van der Waals surface area contributed by atoms with E-state index in [4.69, 9.17) is 0 Å². The van der Waals surface area contributed by atoms with Gasteiger partial charge in [-0.05, 0) is 69.7 Å². The molecule has 6 heteroatoms. The molecule has 6 nitrogen and oxygen atoms in total. The summed E-state index contributed by atoms with van der Waals surface area (Å²) in [7, 11) is 0. The number of piperidine rings is 2. The molecule has 2 amide bonds. The van der Waals surface area contributed by atoms with Gasteiger partial charge in [0.05, 0.1) is 5.92 Å². The van der Waals surface area contributed by atoms with Crippen molar-refractivity contribution in [2.24, 2.45) is 11.8 Å². The van der Waals surface area contributed by atoms with Crippen molar-refractivity contribution in [1.82, 2.24) is 20.1 Å². The number of rotatable bonds is 5. The van der Waals surface area contributed by atoms with Crippen LogP contribution in [0.3, 0.4) is 0 Å². The molecule has 3 fully saturated rings. The minimum Gasteiger partial charge on any atom is -0.352 e. The van der Waals surface area contributed by atoms with E-state index in [-0.39, 0.29) is 11.8 Å². The molecular weight excluding hydrogens is 352 g/mol. The van der Waals surface area contributed by atoms with Crippen LogP contribution in [-0.2, 0) is 16.1 Å². The number of aromatic nitrogens is 1. The summed E-state index contributed by atoms with van der Waals surface area (Å²) in [4.78, 5) is 33.7. The van der Waals surface area contributed by atoms with Crippen LogP contribution in [0.25, 0.3) is 0 Å². The van der Waals surface area contributed by atoms with Crippen molar-refractivity contribution in [2.45, 2.75) is 58.0 Å². The zero-order valence-electron chi connectivity index (χ0n) is 16.9. The molecule has 1 N–H and O–H groups in total. The van der Waals surface area contributed by atoms with E-state index in [2.05, 4.69) is 20.1 Å². The molecule has 0 radical (unpaired) electrons. The van der Waals surface area contributed by atoms with Crippen LogP contribution >= 0.6 is 0 Å². The lowest BCUT2D eigenvalue weighted by Gasteiger charge is -2.42. The Bertz CT molecular complexity index is 710. The Morgan fingerprint density at radius 3 is 2.61 bits per heavy atom. The van der Waals surface area contributed by atoms with Gasteiger partial charge >= 0.3 is 0 Å². The molecule has 1 aliphatic carbocycles. The van der Waals surface area contributed by atoms with Gasteiger partial charge in [0, 0.05) is 50.0 Å². The topological polar surface area (TPSA) is 65.5 Å². The quantitative estimate of drug-likeness (QED) is 0.845. The lowest BCUT2D eigenvalue weighted by molar-refractivity contribution is -0.134. The molecule has 0 unspecified atom stereocenters. The lowest BCUT2D eigenvalue weighted by Crippen LogP contribution is -2.51. The summed E-state index contributed by atoms with van der Waals surface area (Å²) in [6, 6.07) is 4.49. The third-order valence-electron chi connectivity index (χ3n) is 6.47. The Kier molecular flexibility index (Phi) is 5.95. The van der Waals surface area contributed by atoms with Gasteiger partial charge in [-0.1, -0.05) is 0 Å². The Labute approximate surface area is 167 Å². The first-order chi connectivity index (χ1) is 13.6. The average Bonchev–Trinajstić information content (AvgIpc) is 3.57. The van der Waals surface area contributed by atoms with E-state index in [9.17, 15) is 9.59 Å². The number of carbonyl (C=O) groups excluding carboxylic acids is 2. The number of pyridine rings is 1. The lowest BCUT2D eigenvalue weighted by atomic mass is 9.93. The van der Waals surface area contributed by atoms with Crippen LogP contribution in [0.1, 0.15) is 49.8 Å². The summed E-state index contributed by atoms with van der Waals surface area (Å²) < 4.78 is 0. The molecule has 2 saturated heterocycles. The van der Waals surface area contributed by atoms with Gasteiger partial charge in [-0.25, -0.2) is 0 Å². The Hall–Kier alpha value is -1.95. The first-order valence-electron chi connectivity index (χ1n) is 10.8. The Balaban J connectivity index is 1.24. The van der Waals surface area contributed by atoms with Crippen molar-refractivity contribution in [3.63, 3.8) is 0 Å². The minimum atomic E-state index is 0.0720. The molecule has 3 heterocycles. The van der Waals surface area contributed by atoms with E-state index in [0.29, 0.717) is 24.4 Å². The van der Waals surface area contributed by atoms with Crippen LogP contribution in [0.15, 0.2) is 18.3 Å². The number of likely N-dealkylation sites (tertiary alicyclic amines) is 2. The van der Waals surface area contributed by atoms with E-state index < -0.39 is 0 Å². The zero-order valence-corrected chi connectivity index (χ0v) is 16.9. The first-order valence-corrected chi connectivity index (χ1v) is 10.8. The number of aryl methyl sites for hydroxylation is 1. The maximum atomic E-state index is 12.7. The van der Waals surface area contributed by atoms with Crippen molar-refractivity contribution in [3.05, 3.63) is 29.6 Å². The molecule has 4 rings (SSSR count). The summed E-state index contributed by atoms with van der Waals surface area (Å²) in [6.45, 7) is 6.23. The van der Waals surface area contributed by atoms with Gasteiger partial charge in [-0.2, -0.15) is 0 Å². The second kappa shape index (κ2) is 8.60. The van der Waals surface area contributed by atoms with Crippen LogP contribution in [0, 0.1) is 18.8 Å². The molecule has 3 aliphatic rings. The van der Waals surface area contributed by atoms with Crippen LogP contribution < -0.4 is 5.32 Å². The summed E-state index contributed by atoms with van der Waals surface area (Å²) in [5, 5.41) is 3.11. The molecule has 1 saturated carbocycles. The van der Waals surface area contributed by atoms with Gasteiger partial charge in [0.25, 0.3) is 0 Å². The third-order valence-corrected chi connectivity index (χ3v) is 6.47. The smallest absolute Gasteiger partial charge is 0.225 e. The largest absolute Gasteiger partial charge is 0.352 e. The number of nitrogens with one attached hydrogen (secondary N) is 1. The molecule has 1 aromatic rings. The second-order valence-electron chi connectivity index (χ2n) is 8.69. The molecule has 1 aromatic heterocycles. The van der Waals surface area contributed by atoms with Crippen molar-refractivity contribution >= 4 is 11.8 Å². The Morgan fingerprint density at radius 2 is 1.89 bits per heavy atom. The molecule has 1 atom stereocenters. The highest BCUT2D eigenvalue weighted by Gasteiger charge is 2.37. The standard InChI is InChI=1S/C22H32N4O2/c1-16-13-17(6-9-23-16)14-24-21(27)19-3-2-10-26(15-19)20-7-11-25(12-8-20)22(28)18-4-5-18/h6,9,13,18-20H,2-5,7-8,10-12,14-15H2,1H3,(H,24,27)/t19-/m0/s1. The SMILES string of the molecule is Cc1cc(CNC(=O)[C@H]2CCCN(C3CCN(C(=O)C4CC4)CC3)C2)ccn1. The summed E-state index contributed by atoms with van der Waals surface area (Å²) in [6.07, 6.45) is 8.09. The van der Waals surface area contributed by atoms with Gasteiger partial charge in [0.2, 0.25) is 11.8 Å². The van der Waals surface area contributed by atoms with E-state index in [1.165, 1.54) is 0 Å². The monoisotopic (exact) mass is 384 g/mol. The number of hydrogen-bond acceptors (Lipinski definition) is 4. The molecule has 0 aromatic carbocycles. The number of nitrogens with zero attached hydrogens (tertiary/aromatic N) is 3. The molecule has 2 aliphatic heterocycles. The maximum absolute atomic E-state index is 12.7. The predicted octanol–water partition coefficient (Wildman–Crippen LogP) is 2.12. The predicted molar refractivity (Wildman–Crippen MR) is 107 cm³/mol. The van der Waals surface area contributed by atoms with Gasteiger partial charge in [-0.15, -0.1) is 0 Å². The van der Waals surface area contributed by atoms with E-state index in [1.54, 1.807) is 6.20 Å². The minimum absolute atomic E-state index is 0.0720. The maximum Gasteiger partial charge on any atom is 0.225 e. The van der Waals surface area contributed by atoms with Crippen LogP contribution in [-0.4, -0.2) is 58.8 Å². The van der Waals surface area contributed by atoms with Crippen LogP contribution in [0.2, 0.25) is 0 Å². The highest BCUT2D eigenvalue weighted by molar-refractivity contribution is 5.81. The third kappa shape index (κ3) is 4.72. The van der Waals surface area contributed by atoms with E-state index in [0.717, 1.165) is 76.0 Å². The normalized spacial score (nSPS) is 24.2. The summed E-state index contributed by atoms with van der Waals surface area (Å²) in [5.41, 5.74) is 2.07. The van der Waals surface area contributed by atoms with Crippen LogP contribution in [0.5, 0.6) is 0 Å². The van der Waals surface area contributed by atoms with Crippen molar-refractivity contribution < 1.29 is 9.59 Å².